The Balaban J connectivity index is 2.24. The molecule has 0 fully saturated rings. The normalized spacial score (nSPS) is 13.5. The van der Waals surface area contributed by atoms with Crippen molar-refractivity contribution in [3.8, 4) is 6.07 Å². The van der Waals surface area contributed by atoms with Gasteiger partial charge in [0.2, 0.25) is 0 Å². The van der Waals surface area contributed by atoms with Crippen LogP contribution in [0.2, 0.25) is 0 Å². The number of ether oxygens (including phenoxy) is 1. The van der Waals surface area contributed by atoms with Gasteiger partial charge >= 0.3 is 5.97 Å². The molecule has 0 saturated heterocycles. The van der Waals surface area contributed by atoms with Crippen molar-refractivity contribution in [2.45, 2.75) is 25.7 Å². The molecule has 106 valence electrons. The second kappa shape index (κ2) is 5.82. The molecule has 1 aromatic heterocycles. The van der Waals surface area contributed by atoms with E-state index in [1.165, 1.54) is 0 Å². The van der Waals surface area contributed by atoms with Gasteiger partial charge in [0.25, 0.3) is 0 Å². The lowest BCUT2D eigenvalue weighted by molar-refractivity contribution is 0.0555. The summed E-state index contributed by atoms with van der Waals surface area (Å²) in [5.74, 6) is -0.430. The van der Waals surface area contributed by atoms with Crippen molar-refractivity contribution in [1.82, 2.24) is 4.98 Å². The van der Waals surface area contributed by atoms with E-state index >= 15 is 0 Å². The zero-order chi connectivity index (χ0) is 14.8. The van der Waals surface area contributed by atoms with Crippen LogP contribution < -0.4 is 0 Å². The van der Waals surface area contributed by atoms with Gasteiger partial charge in [-0.3, -0.25) is 4.98 Å². The van der Waals surface area contributed by atoms with Crippen molar-refractivity contribution in [3.05, 3.63) is 39.5 Å². The number of aryl methyl sites for hydroxylation is 1. The van der Waals surface area contributed by atoms with Gasteiger partial charge in [-0.15, -0.1) is 0 Å². The Bertz CT molecular complexity index is 765. The molecular weight excluding hydrogens is 332 g/mol. The first-order valence-electron chi connectivity index (χ1n) is 6.86. The van der Waals surface area contributed by atoms with Crippen LogP contribution in [0.25, 0.3) is 10.9 Å². The molecule has 0 N–H and O–H groups in total. The van der Waals surface area contributed by atoms with Crippen LogP contribution in [0.4, 0.5) is 0 Å². The third-order valence-electron chi connectivity index (χ3n) is 3.70. The molecule has 0 unspecified atom stereocenters. The van der Waals surface area contributed by atoms with Crippen LogP contribution in [-0.2, 0) is 17.6 Å². The van der Waals surface area contributed by atoms with Gasteiger partial charge in [-0.25, -0.2) is 4.79 Å². The molecule has 0 atom stereocenters. The number of esters is 1. The largest absolute Gasteiger partial charge is 0.447 e. The highest BCUT2D eigenvalue weighted by atomic mass is 79.9. The van der Waals surface area contributed by atoms with E-state index in [4.69, 9.17) is 10.00 Å². The fraction of sp³-hybridized carbons (Fsp3) is 0.312. The molecule has 0 aliphatic heterocycles. The molecule has 4 nitrogen and oxygen atoms in total. The Morgan fingerprint density at radius 2 is 2.19 bits per heavy atom. The SMILES string of the molecule is N#CCOC(=O)c1c2c(nc3ccc(Br)cc13)CCCC2. The predicted octanol–water partition coefficient (Wildman–Crippen LogP) is 3.56. The summed E-state index contributed by atoms with van der Waals surface area (Å²) in [5.41, 5.74) is 3.34. The van der Waals surface area contributed by atoms with E-state index in [9.17, 15) is 4.79 Å². The number of nitriles is 1. The number of hydrogen-bond donors (Lipinski definition) is 0. The smallest absolute Gasteiger partial charge is 0.340 e. The van der Waals surface area contributed by atoms with Gasteiger partial charge < -0.3 is 4.74 Å². The number of carbonyl (C=O) groups is 1. The third kappa shape index (κ3) is 2.64. The monoisotopic (exact) mass is 344 g/mol. The van der Waals surface area contributed by atoms with Crippen molar-refractivity contribution >= 4 is 32.8 Å². The Hall–Kier alpha value is -1.93. The van der Waals surface area contributed by atoms with Crippen molar-refractivity contribution in [1.29, 1.82) is 5.26 Å². The highest BCUT2D eigenvalue weighted by Gasteiger charge is 2.23. The van der Waals surface area contributed by atoms with Gasteiger partial charge in [0.1, 0.15) is 6.07 Å². The Morgan fingerprint density at radius 1 is 1.38 bits per heavy atom. The van der Waals surface area contributed by atoms with E-state index in [-0.39, 0.29) is 6.61 Å². The van der Waals surface area contributed by atoms with Crippen LogP contribution >= 0.6 is 15.9 Å². The first-order chi connectivity index (χ1) is 10.2. The second-order valence-corrected chi connectivity index (χ2v) is 5.93. The first-order valence-corrected chi connectivity index (χ1v) is 7.65. The number of fused-ring (bicyclic) bond motifs is 2. The van der Waals surface area contributed by atoms with Crippen molar-refractivity contribution in [3.63, 3.8) is 0 Å². The maximum atomic E-state index is 12.4. The van der Waals surface area contributed by atoms with Gasteiger partial charge in [-0.1, -0.05) is 15.9 Å². The van der Waals surface area contributed by atoms with E-state index in [0.29, 0.717) is 5.56 Å². The molecule has 0 saturated carbocycles. The van der Waals surface area contributed by atoms with Gasteiger partial charge in [-0.05, 0) is 49.4 Å². The number of hydrogen-bond acceptors (Lipinski definition) is 4. The zero-order valence-electron chi connectivity index (χ0n) is 11.4. The van der Waals surface area contributed by atoms with Crippen molar-refractivity contribution in [2.75, 3.05) is 6.61 Å². The molecule has 1 aromatic carbocycles. The van der Waals surface area contributed by atoms with Gasteiger partial charge in [0, 0.05) is 15.6 Å². The van der Waals surface area contributed by atoms with Crippen LogP contribution in [0.5, 0.6) is 0 Å². The molecule has 0 bridgehead atoms. The summed E-state index contributed by atoms with van der Waals surface area (Å²) in [6, 6.07) is 7.54. The summed E-state index contributed by atoms with van der Waals surface area (Å²) >= 11 is 3.43. The number of aromatic nitrogens is 1. The van der Waals surface area contributed by atoms with Gasteiger partial charge in [0.15, 0.2) is 6.61 Å². The number of nitrogens with zero attached hydrogens (tertiary/aromatic N) is 2. The Labute approximate surface area is 130 Å². The molecule has 1 heterocycles. The molecule has 21 heavy (non-hydrogen) atoms. The number of benzene rings is 1. The van der Waals surface area contributed by atoms with E-state index in [0.717, 1.165) is 52.3 Å². The van der Waals surface area contributed by atoms with E-state index in [1.807, 2.05) is 24.3 Å². The third-order valence-corrected chi connectivity index (χ3v) is 4.19. The molecule has 0 spiro atoms. The van der Waals surface area contributed by atoms with Crippen LogP contribution in [0.3, 0.4) is 0 Å². The summed E-state index contributed by atoms with van der Waals surface area (Å²) in [6.07, 6.45) is 3.86. The van der Waals surface area contributed by atoms with Gasteiger partial charge in [0.05, 0.1) is 11.1 Å². The minimum Gasteiger partial charge on any atom is -0.447 e. The van der Waals surface area contributed by atoms with Crippen LogP contribution in [0.15, 0.2) is 22.7 Å². The Morgan fingerprint density at radius 3 is 3.00 bits per heavy atom. The predicted molar refractivity (Wildman–Crippen MR) is 82.0 cm³/mol. The van der Waals surface area contributed by atoms with Gasteiger partial charge in [-0.2, -0.15) is 5.26 Å². The molecular formula is C16H13BrN2O2. The molecule has 0 amide bonds. The zero-order valence-corrected chi connectivity index (χ0v) is 12.9. The number of rotatable bonds is 2. The molecule has 2 aromatic rings. The van der Waals surface area contributed by atoms with E-state index in [2.05, 4.69) is 20.9 Å². The van der Waals surface area contributed by atoms with E-state index < -0.39 is 5.97 Å². The van der Waals surface area contributed by atoms with Crippen molar-refractivity contribution in [2.24, 2.45) is 0 Å². The fourth-order valence-electron chi connectivity index (χ4n) is 2.80. The minimum atomic E-state index is -0.430. The summed E-state index contributed by atoms with van der Waals surface area (Å²) in [6.45, 7) is -0.231. The minimum absolute atomic E-state index is 0.231. The molecule has 5 heteroatoms. The number of pyridine rings is 1. The van der Waals surface area contributed by atoms with E-state index in [1.54, 1.807) is 0 Å². The molecule has 1 aliphatic rings. The molecule has 0 radical (unpaired) electrons. The van der Waals surface area contributed by atoms with Crippen LogP contribution in [-0.4, -0.2) is 17.6 Å². The molecule has 1 aliphatic carbocycles. The number of halogens is 1. The lowest BCUT2D eigenvalue weighted by Crippen LogP contribution is -2.15. The van der Waals surface area contributed by atoms with Crippen molar-refractivity contribution < 1.29 is 9.53 Å². The quantitative estimate of drug-likeness (QED) is 0.781. The maximum Gasteiger partial charge on any atom is 0.340 e. The maximum absolute atomic E-state index is 12.4. The summed E-state index contributed by atoms with van der Waals surface area (Å²) in [7, 11) is 0. The lowest BCUT2D eigenvalue weighted by Gasteiger charge is -2.19. The standard InChI is InChI=1S/C16H13BrN2O2/c17-10-5-6-14-12(9-10)15(16(20)21-8-7-18)11-3-1-2-4-13(11)19-14/h5-6,9H,1-4,8H2. The fourth-order valence-corrected chi connectivity index (χ4v) is 3.16. The topological polar surface area (TPSA) is 63.0 Å². The van der Waals surface area contributed by atoms with Crippen LogP contribution in [0, 0.1) is 11.3 Å². The Kier molecular flexibility index (Phi) is 3.89. The highest BCUT2D eigenvalue weighted by molar-refractivity contribution is 9.10. The average Bonchev–Trinajstić information content (AvgIpc) is 2.50. The average molecular weight is 345 g/mol. The van der Waals surface area contributed by atoms with Crippen LogP contribution in [0.1, 0.15) is 34.5 Å². The number of carbonyl (C=O) groups excluding carboxylic acids is 1. The summed E-state index contributed by atoms with van der Waals surface area (Å²) in [5, 5.41) is 9.40. The summed E-state index contributed by atoms with van der Waals surface area (Å²) < 4.78 is 5.94. The highest BCUT2D eigenvalue weighted by Crippen LogP contribution is 2.31. The summed E-state index contributed by atoms with van der Waals surface area (Å²) in [4.78, 5) is 17.1. The second-order valence-electron chi connectivity index (χ2n) is 5.01. The molecule has 3 rings (SSSR count). The lowest BCUT2D eigenvalue weighted by atomic mass is 9.90. The first kappa shape index (κ1) is 14.0.